The molecule has 1 saturated heterocycles. The van der Waals surface area contributed by atoms with Gasteiger partial charge in [-0.1, -0.05) is 12.1 Å². The van der Waals surface area contributed by atoms with E-state index < -0.39 is 5.60 Å². The second-order valence-corrected chi connectivity index (χ2v) is 4.65. The lowest BCUT2D eigenvalue weighted by Crippen LogP contribution is -2.43. The third kappa shape index (κ3) is 3.45. The molecular formula is C13H17NO4. The van der Waals surface area contributed by atoms with Gasteiger partial charge in [-0.3, -0.25) is 4.79 Å². The number of aliphatic hydroxyl groups is 1. The first-order chi connectivity index (χ1) is 8.57. The molecule has 0 aliphatic carbocycles. The van der Waals surface area contributed by atoms with Crippen LogP contribution in [0.15, 0.2) is 24.3 Å². The standard InChI is InChI=1S/C13H17NO4/c15-11-3-1-10(2-4-11)7-12(16)14-8-13(17)5-6-18-9-13/h1-4,15,17H,5-9H2,(H,14,16). The van der Waals surface area contributed by atoms with Crippen LogP contribution in [0.3, 0.4) is 0 Å². The normalized spacial score (nSPS) is 22.9. The van der Waals surface area contributed by atoms with Crippen molar-refractivity contribution in [2.24, 2.45) is 0 Å². The van der Waals surface area contributed by atoms with Crippen LogP contribution in [-0.2, 0) is 16.0 Å². The zero-order valence-corrected chi connectivity index (χ0v) is 10.1. The molecular weight excluding hydrogens is 234 g/mol. The smallest absolute Gasteiger partial charge is 0.224 e. The maximum absolute atomic E-state index is 11.7. The summed E-state index contributed by atoms with van der Waals surface area (Å²) in [6.45, 7) is 1.01. The summed E-state index contributed by atoms with van der Waals surface area (Å²) in [6.07, 6.45) is 0.781. The number of phenolic OH excluding ortho intramolecular Hbond substituents is 1. The minimum absolute atomic E-state index is 0.152. The van der Waals surface area contributed by atoms with Gasteiger partial charge in [-0.15, -0.1) is 0 Å². The largest absolute Gasteiger partial charge is 0.508 e. The first-order valence-corrected chi connectivity index (χ1v) is 5.92. The van der Waals surface area contributed by atoms with Crippen LogP contribution >= 0.6 is 0 Å². The molecule has 0 spiro atoms. The van der Waals surface area contributed by atoms with Gasteiger partial charge in [0, 0.05) is 19.6 Å². The highest BCUT2D eigenvalue weighted by Gasteiger charge is 2.32. The van der Waals surface area contributed by atoms with Crippen molar-refractivity contribution in [2.75, 3.05) is 19.8 Å². The predicted octanol–water partition coefficient (Wildman–Crippen LogP) is 0.202. The zero-order chi connectivity index (χ0) is 13.0. The van der Waals surface area contributed by atoms with Gasteiger partial charge >= 0.3 is 0 Å². The second-order valence-electron chi connectivity index (χ2n) is 4.65. The third-order valence-electron chi connectivity index (χ3n) is 3.00. The van der Waals surface area contributed by atoms with E-state index in [1.165, 1.54) is 0 Å². The van der Waals surface area contributed by atoms with Gasteiger partial charge in [-0.25, -0.2) is 0 Å². The van der Waals surface area contributed by atoms with Crippen LogP contribution in [0.4, 0.5) is 0 Å². The van der Waals surface area contributed by atoms with Crippen molar-refractivity contribution in [3.63, 3.8) is 0 Å². The van der Waals surface area contributed by atoms with Crippen LogP contribution < -0.4 is 5.32 Å². The van der Waals surface area contributed by atoms with E-state index in [9.17, 15) is 9.90 Å². The molecule has 3 N–H and O–H groups in total. The van der Waals surface area contributed by atoms with E-state index in [0.717, 1.165) is 5.56 Å². The van der Waals surface area contributed by atoms with Crippen molar-refractivity contribution in [1.29, 1.82) is 0 Å². The van der Waals surface area contributed by atoms with E-state index in [1.54, 1.807) is 24.3 Å². The molecule has 0 bridgehead atoms. The Morgan fingerprint density at radius 3 is 2.72 bits per heavy atom. The minimum atomic E-state index is -0.926. The summed E-state index contributed by atoms with van der Waals surface area (Å²) in [6, 6.07) is 6.48. The molecule has 1 aromatic rings. The molecule has 1 aliphatic rings. The zero-order valence-electron chi connectivity index (χ0n) is 10.1. The number of ether oxygens (including phenoxy) is 1. The number of nitrogens with one attached hydrogen (secondary N) is 1. The van der Waals surface area contributed by atoms with E-state index in [1.807, 2.05) is 0 Å². The summed E-state index contributed by atoms with van der Waals surface area (Å²) in [7, 11) is 0. The van der Waals surface area contributed by atoms with Gasteiger partial charge in [0.05, 0.1) is 13.0 Å². The van der Waals surface area contributed by atoms with Crippen molar-refractivity contribution in [3.8, 4) is 5.75 Å². The SMILES string of the molecule is O=C(Cc1ccc(O)cc1)NCC1(O)CCOC1. The van der Waals surface area contributed by atoms with Gasteiger partial charge < -0.3 is 20.3 Å². The Balaban J connectivity index is 1.80. The molecule has 98 valence electrons. The van der Waals surface area contributed by atoms with Crippen molar-refractivity contribution < 1.29 is 19.7 Å². The Morgan fingerprint density at radius 1 is 1.39 bits per heavy atom. The molecule has 1 aliphatic heterocycles. The van der Waals surface area contributed by atoms with E-state index in [4.69, 9.17) is 9.84 Å². The lowest BCUT2D eigenvalue weighted by molar-refractivity contribution is -0.121. The second kappa shape index (κ2) is 5.37. The molecule has 0 aromatic heterocycles. The van der Waals surface area contributed by atoms with Gasteiger partial charge in [-0.2, -0.15) is 0 Å². The molecule has 5 nitrogen and oxygen atoms in total. The fourth-order valence-electron chi connectivity index (χ4n) is 1.86. The van der Waals surface area contributed by atoms with Gasteiger partial charge in [0.25, 0.3) is 0 Å². The van der Waals surface area contributed by atoms with Crippen molar-refractivity contribution in [1.82, 2.24) is 5.32 Å². The molecule has 0 saturated carbocycles. The summed E-state index contributed by atoms with van der Waals surface area (Å²) >= 11 is 0. The summed E-state index contributed by atoms with van der Waals surface area (Å²) in [5.74, 6) is 0.0255. The minimum Gasteiger partial charge on any atom is -0.508 e. The Kier molecular flexibility index (Phi) is 3.84. The fourth-order valence-corrected chi connectivity index (χ4v) is 1.86. The molecule has 1 amide bonds. The molecule has 1 unspecified atom stereocenters. The topological polar surface area (TPSA) is 78.8 Å². The monoisotopic (exact) mass is 251 g/mol. The number of amides is 1. The highest BCUT2D eigenvalue weighted by molar-refractivity contribution is 5.78. The highest BCUT2D eigenvalue weighted by atomic mass is 16.5. The van der Waals surface area contributed by atoms with Crippen LogP contribution in [0, 0.1) is 0 Å². The Hall–Kier alpha value is -1.59. The van der Waals surface area contributed by atoms with Crippen molar-refractivity contribution in [2.45, 2.75) is 18.4 Å². The van der Waals surface area contributed by atoms with Crippen LogP contribution in [0.2, 0.25) is 0 Å². The van der Waals surface area contributed by atoms with E-state index in [-0.39, 0.29) is 31.2 Å². The average Bonchev–Trinajstić information content (AvgIpc) is 2.78. The third-order valence-corrected chi connectivity index (χ3v) is 3.00. The molecule has 1 heterocycles. The highest BCUT2D eigenvalue weighted by Crippen LogP contribution is 2.17. The first-order valence-electron chi connectivity index (χ1n) is 5.92. The van der Waals surface area contributed by atoms with Crippen LogP contribution in [-0.4, -0.2) is 41.5 Å². The van der Waals surface area contributed by atoms with Crippen LogP contribution in [0.1, 0.15) is 12.0 Å². The van der Waals surface area contributed by atoms with E-state index in [2.05, 4.69) is 5.32 Å². The fraction of sp³-hybridized carbons (Fsp3) is 0.462. The van der Waals surface area contributed by atoms with Crippen LogP contribution in [0.25, 0.3) is 0 Å². The van der Waals surface area contributed by atoms with Gasteiger partial charge in [0.1, 0.15) is 11.4 Å². The van der Waals surface area contributed by atoms with Crippen LogP contribution in [0.5, 0.6) is 5.75 Å². The maximum atomic E-state index is 11.7. The number of aromatic hydroxyl groups is 1. The van der Waals surface area contributed by atoms with Gasteiger partial charge in [0.15, 0.2) is 0 Å². The lowest BCUT2D eigenvalue weighted by atomic mass is 10.0. The number of hydrogen-bond acceptors (Lipinski definition) is 4. The first kappa shape index (κ1) is 12.9. The van der Waals surface area contributed by atoms with Gasteiger partial charge in [0.2, 0.25) is 5.91 Å². The molecule has 18 heavy (non-hydrogen) atoms. The van der Waals surface area contributed by atoms with E-state index in [0.29, 0.717) is 13.0 Å². The number of carbonyl (C=O) groups is 1. The Labute approximate surface area is 105 Å². The molecule has 5 heteroatoms. The average molecular weight is 251 g/mol. The Bertz CT molecular complexity index is 410. The van der Waals surface area contributed by atoms with Crippen molar-refractivity contribution in [3.05, 3.63) is 29.8 Å². The molecule has 0 radical (unpaired) electrons. The van der Waals surface area contributed by atoms with E-state index >= 15 is 0 Å². The number of benzene rings is 1. The Morgan fingerprint density at radius 2 is 2.11 bits per heavy atom. The van der Waals surface area contributed by atoms with Crippen molar-refractivity contribution >= 4 is 5.91 Å². The van der Waals surface area contributed by atoms with Gasteiger partial charge in [-0.05, 0) is 17.7 Å². The maximum Gasteiger partial charge on any atom is 0.224 e. The summed E-state index contributed by atoms with van der Waals surface area (Å²) < 4.78 is 5.09. The lowest BCUT2D eigenvalue weighted by Gasteiger charge is -2.20. The molecule has 1 atom stereocenters. The summed E-state index contributed by atoms with van der Waals surface area (Å²) in [4.78, 5) is 11.7. The number of phenols is 1. The predicted molar refractivity (Wildman–Crippen MR) is 65.2 cm³/mol. The quantitative estimate of drug-likeness (QED) is 0.714. The molecule has 1 fully saturated rings. The molecule has 2 rings (SSSR count). The number of rotatable bonds is 4. The molecule has 1 aromatic carbocycles. The number of carbonyl (C=O) groups excluding carboxylic acids is 1. The summed E-state index contributed by atoms with van der Waals surface area (Å²) in [5.41, 5.74) is -0.107. The number of hydrogen-bond donors (Lipinski definition) is 3. The summed E-state index contributed by atoms with van der Waals surface area (Å²) in [5, 5.41) is 21.8.